The molecule has 0 unspecified atom stereocenters. The molecule has 7 heteroatoms. The van der Waals surface area contributed by atoms with Crippen molar-refractivity contribution in [1.29, 1.82) is 0 Å². The Morgan fingerprint density at radius 2 is 1.93 bits per heavy atom. The maximum Gasteiger partial charge on any atom is 0.234 e. The Kier molecular flexibility index (Phi) is 6.71. The minimum atomic E-state index is -0.0830. The van der Waals surface area contributed by atoms with Crippen LogP contribution in [-0.2, 0) is 11.4 Å². The number of amides is 1. The van der Waals surface area contributed by atoms with Crippen molar-refractivity contribution in [1.82, 2.24) is 15.2 Å². The second-order valence-electron chi connectivity index (χ2n) is 6.75. The van der Waals surface area contributed by atoms with Gasteiger partial charge in [0.15, 0.2) is 5.82 Å². The Morgan fingerprint density at radius 1 is 1.18 bits per heavy atom. The molecule has 2 N–H and O–H groups in total. The average molecular weight is 397 g/mol. The number of H-pyrrole nitrogens is 1. The van der Waals surface area contributed by atoms with Crippen molar-refractivity contribution in [2.45, 2.75) is 38.5 Å². The number of aromatic amines is 1. The molecule has 28 heavy (non-hydrogen) atoms. The molecule has 3 aromatic rings. The number of aromatic nitrogens is 3. The van der Waals surface area contributed by atoms with Crippen LogP contribution in [0.25, 0.3) is 0 Å². The molecule has 0 saturated heterocycles. The van der Waals surface area contributed by atoms with Crippen molar-refractivity contribution in [3.63, 3.8) is 0 Å². The number of para-hydroxylation sites is 1. The van der Waals surface area contributed by atoms with Gasteiger partial charge in [-0.2, -0.15) is 0 Å². The average Bonchev–Trinajstić information content (AvgIpc) is 3.14. The third kappa shape index (κ3) is 5.60. The largest absolute Gasteiger partial charge is 0.486 e. The van der Waals surface area contributed by atoms with Crippen molar-refractivity contribution in [3.8, 4) is 5.75 Å². The molecule has 0 saturated carbocycles. The van der Waals surface area contributed by atoms with Crippen LogP contribution in [0, 0.1) is 6.92 Å². The van der Waals surface area contributed by atoms with E-state index < -0.39 is 0 Å². The van der Waals surface area contributed by atoms with Gasteiger partial charge in [-0.05, 0) is 36.6 Å². The molecule has 2 aromatic carbocycles. The van der Waals surface area contributed by atoms with Crippen molar-refractivity contribution >= 4 is 23.4 Å². The lowest BCUT2D eigenvalue weighted by atomic mass is 10.0. The molecule has 3 rings (SSSR count). The van der Waals surface area contributed by atoms with Crippen LogP contribution in [0.5, 0.6) is 5.75 Å². The lowest BCUT2D eigenvalue weighted by molar-refractivity contribution is -0.113. The Morgan fingerprint density at radius 3 is 2.68 bits per heavy atom. The number of carbonyl (C=O) groups is 1. The third-order valence-corrected chi connectivity index (χ3v) is 4.94. The fourth-order valence-corrected chi connectivity index (χ4v) is 3.24. The van der Waals surface area contributed by atoms with Crippen LogP contribution < -0.4 is 10.1 Å². The van der Waals surface area contributed by atoms with Gasteiger partial charge in [0.05, 0.1) is 5.75 Å². The molecule has 0 spiro atoms. The number of hydrogen-bond donors (Lipinski definition) is 2. The van der Waals surface area contributed by atoms with Gasteiger partial charge in [0, 0.05) is 5.69 Å². The highest BCUT2D eigenvalue weighted by Crippen LogP contribution is 2.24. The maximum absolute atomic E-state index is 12.3. The van der Waals surface area contributed by atoms with E-state index in [9.17, 15) is 4.79 Å². The summed E-state index contributed by atoms with van der Waals surface area (Å²) in [5, 5.41) is 10.5. The Bertz CT molecular complexity index is 922. The summed E-state index contributed by atoms with van der Waals surface area (Å²) in [7, 11) is 0. The molecule has 6 nitrogen and oxygen atoms in total. The molecular formula is C21H24N4O2S. The number of carbonyl (C=O) groups excluding carboxylic acids is 1. The Labute approximate surface area is 169 Å². The minimum absolute atomic E-state index is 0.0830. The van der Waals surface area contributed by atoms with E-state index in [1.807, 2.05) is 55.5 Å². The number of anilines is 1. The first-order chi connectivity index (χ1) is 13.5. The molecule has 146 valence electrons. The molecule has 0 radical (unpaired) electrons. The Hall–Kier alpha value is -2.80. The number of nitrogens with zero attached hydrogens (tertiary/aromatic N) is 2. The van der Waals surface area contributed by atoms with Gasteiger partial charge in [-0.1, -0.05) is 61.5 Å². The summed E-state index contributed by atoms with van der Waals surface area (Å²) in [5.41, 5.74) is 3.15. The molecule has 0 fully saturated rings. The summed E-state index contributed by atoms with van der Waals surface area (Å²) in [4.78, 5) is 16.6. The van der Waals surface area contributed by atoms with Gasteiger partial charge in [0.2, 0.25) is 11.1 Å². The highest BCUT2D eigenvalue weighted by atomic mass is 32.2. The summed E-state index contributed by atoms with van der Waals surface area (Å²) < 4.78 is 5.68. The quantitative estimate of drug-likeness (QED) is 0.546. The molecule has 0 bridgehead atoms. The van der Waals surface area contributed by atoms with Crippen molar-refractivity contribution in [3.05, 3.63) is 65.5 Å². The first-order valence-corrected chi connectivity index (χ1v) is 10.1. The van der Waals surface area contributed by atoms with Crippen LogP contribution in [-0.4, -0.2) is 26.8 Å². The van der Waals surface area contributed by atoms with E-state index in [-0.39, 0.29) is 11.7 Å². The molecule has 1 aromatic heterocycles. The van der Waals surface area contributed by atoms with E-state index in [1.54, 1.807) is 0 Å². The van der Waals surface area contributed by atoms with E-state index in [1.165, 1.54) is 17.3 Å². The van der Waals surface area contributed by atoms with Gasteiger partial charge in [-0.3, -0.25) is 9.89 Å². The van der Waals surface area contributed by atoms with Gasteiger partial charge < -0.3 is 10.1 Å². The van der Waals surface area contributed by atoms with Crippen molar-refractivity contribution < 1.29 is 9.53 Å². The van der Waals surface area contributed by atoms with E-state index in [0.717, 1.165) is 17.0 Å². The van der Waals surface area contributed by atoms with E-state index in [2.05, 4.69) is 34.3 Å². The van der Waals surface area contributed by atoms with E-state index >= 15 is 0 Å². The lowest BCUT2D eigenvalue weighted by Gasteiger charge is -2.13. The lowest BCUT2D eigenvalue weighted by Crippen LogP contribution is -2.15. The Balaban J connectivity index is 1.49. The highest BCUT2D eigenvalue weighted by Gasteiger charge is 2.11. The van der Waals surface area contributed by atoms with Gasteiger partial charge in [0.25, 0.3) is 0 Å². The standard InChI is InChI=1S/C21H24N4O2S/c1-14(2)17-6-4-5-7-18(17)22-20(26)13-28-21-23-19(24-25-21)12-27-16-10-8-15(3)9-11-16/h4-11,14H,12-13H2,1-3H3,(H,22,26)(H,23,24,25). The summed E-state index contributed by atoms with van der Waals surface area (Å²) in [6, 6.07) is 15.7. The number of rotatable bonds is 8. The predicted octanol–water partition coefficient (Wildman–Crippen LogP) is 4.55. The fourth-order valence-electron chi connectivity index (χ4n) is 2.62. The zero-order valence-corrected chi connectivity index (χ0v) is 17.0. The second kappa shape index (κ2) is 9.41. The van der Waals surface area contributed by atoms with Gasteiger partial charge in [-0.25, -0.2) is 4.98 Å². The third-order valence-electron chi connectivity index (χ3n) is 4.10. The zero-order chi connectivity index (χ0) is 19.9. The summed E-state index contributed by atoms with van der Waals surface area (Å²) in [5.74, 6) is 1.89. The van der Waals surface area contributed by atoms with Crippen LogP contribution in [0.3, 0.4) is 0 Å². The van der Waals surface area contributed by atoms with E-state index in [4.69, 9.17) is 4.74 Å². The molecule has 0 aliphatic carbocycles. The second-order valence-corrected chi connectivity index (χ2v) is 7.69. The molecule has 1 heterocycles. The normalized spacial score (nSPS) is 10.9. The van der Waals surface area contributed by atoms with Gasteiger partial charge >= 0.3 is 0 Å². The SMILES string of the molecule is Cc1ccc(OCc2nc(SCC(=O)Nc3ccccc3C(C)C)n[nH]2)cc1. The summed E-state index contributed by atoms with van der Waals surface area (Å²) in [6.07, 6.45) is 0. The topological polar surface area (TPSA) is 79.9 Å². The van der Waals surface area contributed by atoms with Crippen molar-refractivity contribution in [2.24, 2.45) is 0 Å². The van der Waals surface area contributed by atoms with Crippen LogP contribution in [0.1, 0.15) is 36.7 Å². The molecule has 0 aliphatic rings. The van der Waals surface area contributed by atoms with Crippen LogP contribution in [0.15, 0.2) is 53.7 Å². The number of aryl methyl sites for hydroxylation is 1. The number of nitrogens with one attached hydrogen (secondary N) is 2. The summed E-state index contributed by atoms with van der Waals surface area (Å²) >= 11 is 1.29. The predicted molar refractivity (Wildman–Crippen MR) is 112 cm³/mol. The van der Waals surface area contributed by atoms with E-state index in [0.29, 0.717) is 23.5 Å². The van der Waals surface area contributed by atoms with Crippen LogP contribution >= 0.6 is 11.8 Å². The first kappa shape index (κ1) is 19.9. The number of hydrogen-bond acceptors (Lipinski definition) is 5. The smallest absolute Gasteiger partial charge is 0.234 e. The monoisotopic (exact) mass is 396 g/mol. The maximum atomic E-state index is 12.3. The number of ether oxygens (including phenoxy) is 1. The molecule has 0 aliphatic heterocycles. The van der Waals surface area contributed by atoms with Crippen LogP contribution in [0.4, 0.5) is 5.69 Å². The number of thioether (sulfide) groups is 1. The highest BCUT2D eigenvalue weighted by molar-refractivity contribution is 7.99. The number of benzene rings is 2. The molecule has 0 atom stereocenters. The minimum Gasteiger partial charge on any atom is -0.486 e. The summed E-state index contributed by atoms with van der Waals surface area (Å²) in [6.45, 7) is 6.53. The van der Waals surface area contributed by atoms with Gasteiger partial charge in [0.1, 0.15) is 12.4 Å². The molecular weight excluding hydrogens is 372 g/mol. The van der Waals surface area contributed by atoms with Gasteiger partial charge in [-0.15, -0.1) is 5.10 Å². The van der Waals surface area contributed by atoms with Crippen LogP contribution in [0.2, 0.25) is 0 Å². The molecule has 1 amide bonds. The zero-order valence-electron chi connectivity index (χ0n) is 16.2. The first-order valence-electron chi connectivity index (χ1n) is 9.13. The fraction of sp³-hybridized carbons (Fsp3) is 0.286. The van der Waals surface area contributed by atoms with Crippen molar-refractivity contribution in [2.75, 3.05) is 11.1 Å².